The Hall–Kier alpha value is -2.84. The lowest BCUT2D eigenvalue weighted by molar-refractivity contribution is -0.152. The maximum Gasteiger partial charge on any atom is 0.312 e. The predicted octanol–water partition coefficient (Wildman–Crippen LogP) is 4.19. The number of Topliss-reactive ketones (excluding diaryl/α,β-unsaturated/α-hetero) is 1. The lowest BCUT2D eigenvalue weighted by atomic mass is 10.1. The number of ether oxygens (including phenoxy) is 1. The van der Waals surface area contributed by atoms with Crippen LogP contribution in [-0.2, 0) is 20.7 Å². The summed E-state index contributed by atoms with van der Waals surface area (Å²) in [7, 11) is 0. The van der Waals surface area contributed by atoms with Crippen LogP contribution in [0.3, 0.4) is 0 Å². The van der Waals surface area contributed by atoms with E-state index in [2.05, 4.69) is 10.3 Å². The molecule has 3 aromatic rings. The number of thiophene rings is 1. The SMILES string of the molecule is CC(=O)c1ccccc1NC(=O)[C@H](C)OC(=O)Cc1csc(-c2cccs2)n1. The zero-order chi connectivity index (χ0) is 20.1. The van der Waals surface area contributed by atoms with E-state index >= 15 is 0 Å². The third-order valence-electron chi connectivity index (χ3n) is 3.85. The Morgan fingerprint density at radius 1 is 1.14 bits per heavy atom. The Kier molecular flexibility index (Phi) is 6.33. The van der Waals surface area contributed by atoms with Crippen LogP contribution in [0.25, 0.3) is 9.88 Å². The number of nitrogens with one attached hydrogen (secondary N) is 1. The van der Waals surface area contributed by atoms with E-state index in [1.54, 1.807) is 35.6 Å². The number of para-hydroxylation sites is 1. The number of benzene rings is 1. The summed E-state index contributed by atoms with van der Waals surface area (Å²) in [6, 6.07) is 10.6. The molecule has 1 atom stereocenters. The number of esters is 1. The fourth-order valence-corrected chi connectivity index (χ4v) is 4.11. The topological polar surface area (TPSA) is 85.4 Å². The predicted molar refractivity (Wildman–Crippen MR) is 110 cm³/mol. The average Bonchev–Trinajstić information content (AvgIpc) is 3.33. The van der Waals surface area contributed by atoms with Gasteiger partial charge in [0.05, 0.1) is 22.7 Å². The number of carbonyl (C=O) groups excluding carboxylic acids is 3. The molecule has 144 valence electrons. The second kappa shape index (κ2) is 8.90. The number of ketones is 1. The Morgan fingerprint density at radius 3 is 2.64 bits per heavy atom. The van der Waals surface area contributed by atoms with Crippen LogP contribution >= 0.6 is 22.7 Å². The molecule has 1 aromatic carbocycles. The zero-order valence-corrected chi connectivity index (χ0v) is 16.9. The molecule has 0 saturated carbocycles. The molecule has 0 spiro atoms. The first-order chi connectivity index (χ1) is 13.4. The van der Waals surface area contributed by atoms with Crippen molar-refractivity contribution in [3.63, 3.8) is 0 Å². The molecule has 8 heteroatoms. The third kappa shape index (κ3) is 4.90. The Balaban J connectivity index is 1.57. The van der Waals surface area contributed by atoms with Gasteiger partial charge in [0.25, 0.3) is 5.91 Å². The van der Waals surface area contributed by atoms with Crippen molar-refractivity contribution in [2.75, 3.05) is 5.32 Å². The largest absolute Gasteiger partial charge is 0.452 e. The van der Waals surface area contributed by atoms with Gasteiger partial charge in [-0.1, -0.05) is 18.2 Å². The summed E-state index contributed by atoms with van der Waals surface area (Å²) in [6.07, 6.45) is -1.01. The van der Waals surface area contributed by atoms with Crippen LogP contribution in [0.2, 0.25) is 0 Å². The van der Waals surface area contributed by atoms with Crippen LogP contribution in [0.1, 0.15) is 29.9 Å². The number of hydrogen-bond donors (Lipinski definition) is 1. The molecule has 2 aromatic heterocycles. The molecule has 6 nitrogen and oxygen atoms in total. The highest BCUT2D eigenvalue weighted by molar-refractivity contribution is 7.20. The quantitative estimate of drug-likeness (QED) is 0.463. The van der Waals surface area contributed by atoms with Crippen molar-refractivity contribution in [3.05, 3.63) is 58.4 Å². The van der Waals surface area contributed by atoms with Gasteiger partial charge in [-0.2, -0.15) is 0 Å². The monoisotopic (exact) mass is 414 g/mol. The highest BCUT2D eigenvalue weighted by Gasteiger charge is 2.20. The molecular formula is C20H18N2O4S2. The summed E-state index contributed by atoms with van der Waals surface area (Å²) in [4.78, 5) is 41.6. The summed E-state index contributed by atoms with van der Waals surface area (Å²) >= 11 is 3.04. The van der Waals surface area contributed by atoms with E-state index in [1.807, 2.05) is 22.9 Å². The van der Waals surface area contributed by atoms with E-state index in [0.29, 0.717) is 16.9 Å². The Labute approximate surface area is 170 Å². The minimum Gasteiger partial charge on any atom is -0.452 e. The van der Waals surface area contributed by atoms with E-state index in [1.165, 1.54) is 25.2 Å². The number of rotatable bonds is 7. The summed E-state index contributed by atoms with van der Waals surface area (Å²) in [5.74, 6) is -1.20. The molecule has 0 aliphatic heterocycles. The summed E-state index contributed by atoms with van der Waals surface area (Å²) in [6.45, 7) is 2.91. The highest BCUT2D eigenvalue weighted by Crippen LogP contribution is 2.28. The number of aromatic nitrogens is 1. The fraction of sp³-hybridized carbons (Fsp3) is 0.200. The Morgan fingerprint density at radius 2 is 1.93 bits per heavy atom. The lowest BCUT2D eigenvalue weighted by Crippen LogP contribution is -2.31. The van der Waals surface area contributed by atoms with Crippen molar-refractivity contribution in [2.45, 2.75) is 26.4 Å². The molecule has 0 saturated heterocycles. The van der Waals surface area contributed by atoms with Crippen LogP contribution in [-0.4, -0.2) is 28.7 Å². The van der Waals surface area contributed by atoms with Crippen molar-refractivity contribution in [1.29, 1.82) is 0 Å². The van der Waals surface area contributed by atoms with Gasteiger partial charge in [-0.05, 0) is 37.4 Å². The molecule has 1 amide bonds. The van der Waals surface area contributed by atoms with Crippen LogP contribution < -0.4 is 5.32 Å². The van der Waals surface area contributed by atoms with Crippen molar-refractivity contribution >= 4 is 46.0 Å². The molecule has 0 fully saturated rings. The minimum atomic E-state index is -0.997. The molecule has 0 unspecified atom stereocenters. The second-order valence-corrected chi connectivity index (χ2v) is 7.83. The molecule has 2 heterocycles. The molecule has 1 N–H and O–H groups in total. The normalized spacial score (nSPS) is 11.6. The van der Waals surface area contributed by atoms with Gasteiger partial charge in [0.15, 0.2) is 11.9 Å². The first-order valence-electron chi connectivity index (χ1n) is 8.52. The fourth-order valence-electron chi connectivity index (χ4n) is 2.48. The first-order valence-corrected chi connectivity index (χ1v) is 10.3. The minimum absolute atomic E-state index is 0.0104. The van der Waals surface area contributed by atoms with Gasteiger partial charge in [0.1, 0.15) is 5.01 Å². The molecule has 0 radical (unpaired) electrons. The van der Waals surface area contributed by atoms with E-state index in [9.17, 15) is 14.4 Å². The number of amides is 1. The maximum absolute atomic E-state index is 12.3. The van der Waals surface area contributed by atoms with Gasteiger partial charge in [0, 0.05) is 10.9 Å². The van der Waals surface area contributed by atoms with Crippen molar-refractivity contribution in [3.8, 4) is 9.88 Å². The zero-order valence-electron chi connectivity index (χ0n) is 15.3. The smallest absolute Gasteiger partial charge is 0.312 e. The van der Waals surface area contributed by atoms with Gasteiger partial charge in [0.2, 0.25) is 0 Å². The van der Waals surface area contributed by atoms with Crippen molar-refractivity contribution < 1.29 is 19.1 Å². The van der Waals surface area contributed by atoms with E-state index in [-0.39, 0.29) is 12.2 Å². The number of thiazole rings is 1. The average molecular weight is 415 g/mol. The molecule has 28 heavy (non-hydrogen) atoms. The highest BCUT2D eigenvalue weighted by atomic mass is 32.1. The van der Waals surface area contributed by atoms with Gasteiger partial charge < -0.3 is 10.1 Å². The van der Waals surface area contributed by atoms with Gasteiger partial charge >= 0.3 is 5.97 Å². The molecule has 3 rings (SSSR count). The van der Waals surface area contributed by atoms with Gasteiger partial charge in [-0.25, -0.2) is 4.98 Å². The first kappa shape index (κ1) is 19.9. The van der Waals surface area contributed by atoms with Crippen LogP contribution in [0.5, 0.6) is 0 Å². The van der Waals surface area contributed by atoms with Crippen LogP contribution in [0.15, 0.2) is 47.2 Å². The molecular weight excluding hydrogens is 396 g/mol. The molecule has 0 aliphatic rings. The third-order valence-corrected chi connectivity index (χ3v) is 5.78. The summed E-state index contributed by atoms with van der Waals surface area (Å²) < 4.78 is 5.22. The van der Waals surface area contributed by atoms with E-state index in [4.69, 9.17) is 4.74 Å². The number of hydrogen-bond acceptors (Lipinski definition) is 7. The van der Waals surface area contributed by atoms with Crippen molar-refractivity contribution in [1.82, 2.24) is 4.98 Å². The molecule has 0 bridgehead atoms. The van der Waals surface area contributed by atoms with Gasteiger partial charge in [-0.3, -0.25) is 14.4 Å². The van der Waals surface area contributed by atoms with E-state index < -0.39 is 18.0 Å². The number of nitrogens with zero attached hydrogens (tertiary/aromatic N) is 1. The van der Waals surface area contributed by atoms with Crippen molar-refractivity contribution in [2.24, 2.45) is 0 Å². The van der Waals surface area contributed by atoms with Crippen LogP contribution in [0.4, 0.5) is 5.69 Å². The second-order valence-electron chi connectivity index (χ2n) is 6.02. The Bertz CT molecular complexity index is 995. The number of anilines is 1. The number of carbonyl (C=O) groups is 3. The van der Waals surface area contributed by atoms with E-state index in [0.717, 1.165) is 9.88 Å². The summed E-state index contributed by atoms with van der Waals surface area (Å²) in [5, 5.41) is 7.26. The van der Waals surface area contributed by atoms with Crippen LogP contribution in [0, 0.1) is 0 Å². The maximum atomic E-state index is 12.3. The van der Waals surface area contributed by atoms with Gasteiger partial charge in [-0.15, -0.1) is 22.7 Å². The standard InChI is InChI=1S/C20H18N2O4S2/c1-12(23)15-6-3-4-7-16(15)22-19(25)13(2)26-18(24)10-14-11-28-20(21-14)17-8-5-9-27-17/h3-9,11,13H,10H2,1-2H3,(H,22,25)/t13-/m0/s1. The molecule has 0 aliphatic carbocycles. The lowest BCUT2D eigenvalue weighted by Gasteiger charge is -2.14. The summed E-state index contributed by atoms with van der Waals surface area (Å²) in [5.41, 5.74) is 1.40.